The fraction of sp³-hybridized carbons (Fsp3) is 0.500. The molecule has 0 aromatic heterocycles. The number of nitrogens with one attached hydrogen (secondary N) is 1. The molecule has 2 N–H and O–H groups in total. The van der Waals surface area contributed by atoms with Crippen LogP contribution < -0.4 is 5.32 Å². The molecule has 0 saturated heterocycles. The first-order valence-corrected chi connectivity index (χ1v) is 7.51. The molecule has 1 fully saturated rings. The minimum absolute atomic E-state index is 0.0970. The molecule has 1 aromatic rings. The van der Waals surface area contributed by atoms with E-state index in [9.17, 15) is 9.90 Å². The molecule has 3 nitrogen and oxygen atoms in total. The Hall–Kier alpha value is -1.00. The predicted octanol–water partition coefficient (Wildman–Crippen LogP) is 2.44. The predicted molar refractivity (Wildman–Crippen MR) is 74.0 cm³/mol. The molecular formula is C14H19NO2S. The Balaban J connectivity index is 1.99. The van der Waals surface area contributed by atoms with Gasteiger partial charge in [0, 0.05) is 11.4 Å². The average molecular weight is 265 g/mol. The molecule has 0 unspecified atom stereocenters. The maximum atomic E-state index is 12.1. The van der Waals surface area contributed by atoms with Gasteiger partial charge in [0.1, 0.15) is 0 Å². The second-order valence-electron chi connectivity index (χ2n) is 4.81. The van der Waals surface area contributed by atoms with Crippen molar-refractivity contribution >= 4 is 17.7 Å². The number of aliphatic hydroxyl groups is 1. The van der Waals surface area contributed by atoms with Crippen LogP contribution in [0.15, 0.2) is 29.2 Å². The van der Waals surface area contributed by atoms with Crippen molar-refractivity contribution in [1.29, 1.82) is 0 Å². The lowest BCUT2D eigenvalue weighted by Crippen LogP contribution is -2.40. The monoisotopic (exact) mass is 265 g/mol. The molecule has 0 spiro atoms. The van der Waals surface area contributed by atoms with Crippen LogP contribution in [0.2, 0.25) is 0 Å². The van der Waals surface area contributed by atoms with Gasteiger partial charge in [-0.3, -0.25) is 4.79 Å². The topological polar surface area (TPSA) is 49.3 Å². The lowest BCUT2D eigenvalue weighted by atomic mass is 10.0. The fourth-order valence-corrected chi connectivity index (χ4v) is 2.98. The molecule has 4 heteroatoms. The van der Waals surface area contributed by atoms with Gasteiger partial charge < -0.3 is 10.4 Å². The smallest absolute Gasteiger partial charge is 0.252 e. The van der Waals surface area contributed by atoms with E-state index in [1.54, 1.807) is 11.8 Å². The quantitative estimate of drug-likeness (QED) is 0.822. The van der Waals surface area contributed by atoms with Crippen molar-refractivity contribution in [2.24, 2.45) is 0 Å². The van der Waals surface area contributed by atoms with E-state index in [1.165, 1.54) is 0 Å². The summed E-state index contributed by atoms with van der Waals surface area (Å²) in [7, 11) is 0. The molecule has 18 heavy (non-hydrogen) atoms. The maximum Gasteiger partial charge on any atom is 0.252 e. The van der Waals surface area contributed by atoms with Gasteiger partial charge in [-0.2, -0.15) is 0 Å². The van der Waals surface area contributed by atoms with Crippen LogP contribution in [0.5, 0.6) is 0 Å². The highest BCUT2D eigenvalue weighted by molar-refractivity contribution is 7.98. The molecule has 0 atom stereocenters. The van der Waals surface area contributed by atoms with E-state index in [0.717, 1.165) is 30.6 Å². The summed E-state index contributed by atoms with van der Waals surface area (Å²) in [5.41, 5.74) is -0.00385. The van der Waals surface area contributed by atoms with Crippen LogP contribution in [-0.2, 0) is 0 Å². The van der Waals surface area contributed by atoms with Crippen molar-refractivity contribution in [2.45, 2.75) is 36.2 Å². The Morgan fingerprint density at radius 2 is 2.06 bits per heavy atom. The van der Waals surface area contributed by atoms with Gasteiger partial charge in [0.15, 0.2) is 0 Å². The van der Waals surface area contributed by atoms with Gasteiger partial charge in [0.2, 0.25) is 0 Å². The van der Waals surface area contributed by atoms with Crippen molar-refractivity contribution in [3.05, 3.63) is 29.8 Å². The van der Waals surface area contributed by atoms with Crippen LogP contribution in [0.3, 0.4) is 0 Å². The van der Waals surface area contributed by atoms with Gasteiger partial charge in [-0.15, -0.1) is 11.8 Å². The van der Waals surface area contributed by atoms with Gasteiger partial charge >= 0.3 is 0 Å². The lowest BCUT2D eigenvalue weighted by Gasteiger charge is -2.22. The van der Waals surface area contributed by atoms with Crippen molar-refractivity contribution in [2.75, 3.05) is 12.8 Å². The first-order valence-electron chi connectivity index (χ1n) is 6.28. The van der Waals surface area contributed by atoms with E-state index in [0.29, 0.717) is 12.1 Å². The van der Waals surface area contributed by atoms with Gasteiger partial charge in [-0.1, -0.05) is 25.0 Å². The van der Waals surface area contributed by atoms with Crippen molar-refractivity contribution < 1.29 is 9.90 Å². The maximum absolute atomic E-state index is 12.1. The Kier molecular flexibility index (Phi) is 4.30. The van der Waals surface area contributed by atoms with Gasteiger partial charge in [-0.25, -0.2) is 0 Å². The number of carbonyl (C=O) groups is 1. The molecule has 1 aromatic carbocycles. The summed E-state index contributed by atoms with van der Waals surface area (Å²) >= 11 is 1.56. The first kappa shape index (κ1) is 13.4. The number of thioether (sulfide) groups is 1. The summed E-state index contributed by atoms with van der Waals surface area (Å²) in [5, 5.41) is 13.0. The van der Waals surface area contributed by atoms with E-state index in [2.05, 4.69) is 5.32 Å². The Labute approximate surface area is 112 Å². The highest BCUT2D eigenvalue weighted by Crippen LogP contribution is 2.28. The van der Waals surface area contributed by atoms with Crippen LogP contribution >= 0.6 is 11.8 Å². The molecule has 1 saturated carbocycles. The molecule has 98 valence electrons. The summed E-state index contributed by atoms with van der Waals surface area (Å²) in [4.78, 5) is 13.1. The fourth-order valence-electron chi connectivity index (χ4n) is 2.38. The highest BCUT2D eigenvalue weighted by Gasteiger charge is 2.31. The number of benzene rings is 1. The van der Waals surface area contributed by atoms with E-state index < -0.39 is 5.60 Å². The third kappa shape index (κ3) is 3.06. The molecule has 1 aliphatic carbocycles. The molecule has 0 bridgehead atoms. The molecule has 0 heterocycles. The standard InChI is InChI=1S/C14H19NO2S/c1-18-12-7-3-2-6-11(12)13(16)15-10-14(17)8-4-5-9-14/h2-3,6-7,17H,4-5,8-10H2,1H3,(H,15,16). The molecule has 0 aliphatic heterocycles. The second-order valence-corrected chi connectivity index (χ2v) is 5.66. The first-order chi connectivity index (χ1) is 8.64. The Morgan fingerprint density at radius 1 is 1.39 bits per heavy atom. The largest absolute Gasteiger partial charge is 0.388 e. The van der Waals surface area contributed by atoms with Gasteiger partial charge in [0.05, 0.1) is 11.2 Å². The van der Waals surface area contributed by atoms with Gasteiger partial charge in [-0.05, 0) is 31.2 Å². The average Bonchev–Trinajstić information content (AvgIpc) is 2.83. The third-order valence-corrected chi connectivity index (χ3v) is 4.26. The Bertz CT molecular complexity index is 428. The SMILES string of the molecule is CSc1ccccc1C(=O)NCC1(O)CCCC1. The molecule has 0 radical (unpaired) electrons. The zero-order valence-corrected chi connectivity index (χ0v) is 11.4. The number of carbonyl (C=O) groups excluding carboxylic acids is 1. The van der Waals surface area contributed by atoms with Crippen LogP contribution in [0.25, 0.3) is 0 Å². The number of amides is 1. The summed E-state index contributed by atoms with van der Waals surface area (Å²) in [5.74, 6) is -0.0970. The minimum atomic E-state index is -0.691. The van der Waals surface area contributed by atoms with Gasteiger partial charge in [0.25, 0.3) is 5.91 Å². The molecule has 1 amide bonds. The van der Waals surface area contributed by atoms with Crippen molar-refractivity contribution in [1.82, 2.24) is 5.32 Å². The molecule has 1 aliphatic rings. The van der Waals surface area contributed by atoms with E-state index in [1.807, 2.05) is 30.5 Å². The number of hydrogen-bond donors (Lipinski definition) is 2. The Morgan fingerprint density at radius 3 is 2.72 bits per heavy atom. The van der Waals surface area contributed by atoms with E-state index in [-0.39, 0.29) is 5.91 Å². The van der Waals surface area contributed by atoms with Crippen LogP contribution in [-0.4, -0.2) is 29.4 Å². The second kappa shape index (κ2) is 5.76. The zero-order chi connectivity index (χ0) is 13.0. The summed E-state index contributed by atoms with van der Waals surface area (Å²) in [6, 6.07) is 7.54. The van der Waals surface area contributed by atoms with E-state index >= 15 is 0 Å². The molecular weight excluding hydrogens is 246 g/mol. The lowest BCUT2D eigenvalue weighted by molar-refractivity contribution is 0.0449. The summed E-state index contributed by atoms with van der Waals surface area (Å²) < 4.78 is 0. The van der Waals surface area contributed by atoms with Crippen molar-refractivity contribution in [3.63, 3.8) is 0 Å². The van der Waals surface area contributed by atoms with Crippen LogP contribution in [0.4, 0.5) is 0 Å². The number of hydrogen-bond acceptors (Lipinski definition) is 3. The van der Waals surface area contributed by atoms with Crippen molar-refractivity contribution in [3.8, 4) is 0 Å². The van der Waals surface area contributed by atoms with Crippen LogP contribution in [0.1, 0.15) is 36.0 Å². The number of rotatable bonds is 4. The summed E-state index contributed by atoms with van der Waals surface area (Å²) in [6.07, 6.45) is 5.63. The highest BCUT2D eigenvalue weighted by atomic mass is 32.2. The summed E-state index contributed by atoms with van der Waals surface area (Å²) in [6.45, 7) is 0.356. The van der Waals surface area contributed by atoms with Crippen LogP contribution in [0, 0.1) is 0 Å². The molecule has 2 rings (SSSR count). The zero-order valence-electron chi connectivity index (χ0n) is 10.6. The third-order valence-electron chi connectivity index (χ3n) is 3.46. The minimum Gasteiger partial charge on any atom is -0.388 e. The normalized spacial score (nSPS) is 17.7. The van der Waals surface area contributed by atoms with E-state index in [4.69, 9.17) is 0 Å².